The van der Waals surface area contributed by atoms with E-state index in [9.17, 15) is 0 Å². The van der Waals surface area contributed by atoms with Crippen molar-refractivity contribution in [3.05, 3.63) is 125 Å². The Bertz CT molecular complexity index is 1410. The molecule has 1 aromatic heterocycles. The lowest BCUT2D eigenvalue weighted by Gasteiger charge is -2.24. The van der Waals surface area contributed by atoms with Crippen LogP contribution >= 0.6 is 0 Å². The van der Waals surface area contributed by atoms with Crippen LogP contribution in [0.1, 0.15) is 55.4 Å². The fraction of sp³-hybridized carbons (Fsp3) is 0.188. The summed E-state index contributed by atoms with van der Waals surface area (Å²) in [5.74, 6) is 0.747. The molecule has 2 aliphatic carbocycles. The monoisotopic (exact) mass is 442 g/mol. The third-order valence-corrected chi connectivity index (χ3v) is 7.05. The smallest absolute Gasteiger partial charge is 0.160 e. The van der Waals surface area contributed by atoms with E-state index in [-0.39, 0.29) is 5.41 Å². The van der Waals surface area contributed by atoms with Gasteiger partial charge < -0.3 is 0 Å². The molecular weight excluding hydrogens is 412 g/mol. The van der Waals surface area contributed by atoms with Gasteiger partial charge in [-0.2, -0.15) is 0 Å². The Kier molecular flexibility index (Phi) is 5.53. The van der Waals surface area contributed by atoms with E-state index in [1.54, 1.807) is 0 Å². The van der Waals surface area contributed by atoms with Gasteiger partial charge in [0.15, 0.2) is 5.82 Å². The van der Waals surface area contributed by atoms with Crippen LogP contribution in [0.3, 0.4) is 0 Å². The van der Waals surface area contributed by atoms with E-state index >= 15 is 0 Å². The van der Waals surface area contributed by atoms with Gasteiger partial charge in [-0.25, -0.2) is 9.97 Å². The van der Waals surface area contributed by atoms with Crippen molar-refractivity contribution in [3.8, 4) is 11.3 Å². The van der Waals surface area contributed by atoms with Crippen LogP contribution in [-0.4, -0.2) is 9.97 Å². The quantitative estimate of drug-likeness (QED) is 0.381. The summed E-state index contributed by atoms with van der Waals surface area (Å²) in [5.41, 5.74) is 11.8. The van der Waals surface area contributed by atoms with Crippen molar-refractivity contribution < 1.29 is 0 Å². The second kappa shape index (κ2) is 8.53. The third-order valence-electron chi connectivity index (χ3n) is 7.05. The van der Waals surface area contributed by atoms with Crippen LogP contribution in [0.5, 0.6) is 0 Å². The summed E-state index contributed by atoms with van der Waals surface area (Å²) in [6, 6.07) is 19.2. The largest absolute Gasteiger partial charge is 0.228 e. The zero-order valence-electron chi connectivity index (χ0n) is 20.4. The van der Waals surface area contributed by atoms with Crippen molar-refractivity contribution in [1.29, 1.82) is 0 Å². The number of hydrogen-bond acceptors (Lipinski definition) is 2. The van der Waals surface area contributed by atoms with Gasteiger partial charge in [0, 0.05) is 16.6 Å². The van der Waals surface area contributed by atoms with Crippen LogP contribution < -0.4 is 0 Å². The lowest BCUT2D eigenvalue weighted by Crippen LogP contribution is -2.17. The summed E-state index contributed by atoms with van der Waals surface area (Å²) in [4.78, 5) is 9.96. The van der Waals surface area contributed by atoms with Gasteiger partial charge in [-0.05, 0) is 54.2 Å². The van der Waals surface area contributed by atoms with Crippen LogP contribution in [0.4, 0.5) is 0 Å². The third kappa shape index (κ3) is 3.70. The van der Waals surface area contributed by atoms with Crippen molar-refractivity contribution in [2.45, 2.75) is 39.5 Å². The normalized spacial score (nSPS) is 16.6. The fourth-order valence-electron chi connectivity index (χ4n) is 5.10. The number of benzene rings is 2. The summed E-state index contributed by atoms with van der Waals surface area (Å²) in [5, 5.41) is 0. The van der Waals surface area contributed by atoms with E-state index < -0.39 is 0 Å². The number of hydrogen-bond donors (Lipinski definition) is 0. The molecule has 0 unspecified atom stereocenters. The summed E-state index contributed by atoms with van der Waals surface area (Å²) in [7, 11) is 0. The molecule has 0 saturated carbocycles. The molecule has 0 N–H and O–H groups in total. The van der Waals surface area contributed by atoms with Crippen molar-refractivity contribution in [2.24, 2.45) is 0 Å². The molecule has 1 heterocycles. The average Bonchev–Trinajstić information content (AvgIpc) is 2.99. The Morgan fingerprint density at radius 3 is 2.53 bits per heavy atom. The molecule has 0 saturated heterocycles. The van der Waals surface area contributed by atoms with Crippen molar-refractivity contribution in [2.75, 3.05) is 0 Å². The van der Waals surface area contributed by atoms with Gasteiger partial charge in [-0.1, -0.05) is 105 Å². The number of aromatic nitrogens is 2. The SMILES string of the molecule is C=C/C(=C\C)c1cc(-c2ccccc2)nc(C2=CCC3=C(C=C2)c2ccc(C)cc2C3(C)C)n1. The molecule has 0 radical (unpaired) electrons. The van der Waals surface area contributed by atoms with Crippen LogP contribution in [-0.2, 0) is 5.41 Å². The first kappa shape index (κ1) is 22.0. The summed E-state index contributed by atoms with van der Waals surface area (Å²) >= 11 is 0. The summed E-state index contributed by atoms with van der Waals surface area (Å²) in [6.45, 7) is 12.9. The molecule has 0 fully saturated rings. The highest BCUT2D eigenvalue weighted by molar-refractivity contribution is 5.90. The van der Waals surface area contributed by atoms with Crippen molar-refractivity contribution in [1.82, 2.24) is 9.97 Å². The second-order valence-electron chi connectivity index (χ2n) is 9.54. The first-order chi connectivity index (χ1) is 16.4. The molecule has 168 valence electrons. The Morgan fingerprint density at radius 1 is 1.00 bits per heavy atom. The predicted molar refractivity (Wildman–Crippen MR) is 144 cm³/mol. The molecular formula is C32H30N2. The number of nitrogens with zero attached hydrogens (tertiary/aromatic N) is 2. The molecule has 0 spiro atoms. The average molecular weight is 443 g/mol. The minimum absolute atomic E-state index is 0.00579. The lowest BCUT2D eigenvalue weighted by atomic mass is 9.79. The van der Waals surface area contributed by atoms with Gasteiger partial charge in [0.05, 0.1) is 11.4 Å². The van der Waals surface area contributed by atoms with Crippen molar-refractivity contribution in [3.63, 3.8) is 0 Å². The lowest BCUT2D eigenvalue weighted by molar-refractivity contribution is 0.625. The molecule has 0 aliphatic heterocycles. The van der Waals surface area contributed by atoms with E-state index in [4.69, 9.17) is 9.97 Å². The molecule has 0 amide bonds. The molecule has 2 heteroatoms. The Morgan fingerprint density at radius 2 is 1.79 bits per heavy atom. The van der Waals surface area contributed by atoms with Crippen molar-refractivity contribution >= 4 is 16.7 Å². The molecule has 2 aliphatic rings. The van der Waals surface area contributed by atoms with Crippen LogP contribution in [0.25, 0.3) is 28.0 Å². The van der Waals surface area contributed by atoms with Gasteiger partial charge >= 0.3 is 0 Å². The highest BCUT2D eigenvalue weighted by atomic mass is 14.9. The fourth-order valence-corrected chi connectivity index (χ4v) is 5.10. The molecule has 0 bridgehead atoms. The molecule has 2 aromatic carbocycles. The number of fused-ring (bicyclic) bond motifs is 2. The minimum Gasteiger partial charge on any atom is -0.228 e. The summed E-state index contributed by atoms with van der Waals surface area (Å²) in [6.07, 6.45) is 11.5. The first-order valence-corrected chi connectivity index (χ1v) is 11.9. The second-order valence-corrected chi connectivity index (χ2v) is 9.54. The molecule has 5 rings (SSSR count). The molecule has 0 atom stereocenters. The topological polar surface area (TPSA) is 25.8 Å². The van der Waals surface area contributed by atoms with E-state index in [1.807, 2.05) is 37.3 Å². The number of aryl methyl sites for hydroxylation is 1. The van der Waals surface area contributed by atoms with Gasteiger partial charge in [-0.15, -0.1) is 0 Å². The van der Waals surface area contributed by atoms with E-state index in [0.29, 0.717) is 0 Å². The highest BCUT2D eigenvalue weighted by Crippen LogP contribution is 2.49. The van der Waals surface area contributed by atoms with Gasteiger partial charge in [-0.3, -0.25) is 0 Å². The van der Waals surface area contributed by atoms with Gasteiger partial charge in [0.2, 0.25) is 0 Å². The maximum Gasteiger partial charge on any atom is 0.160 e. The van der Waals surface area contributed by atoms with Gasteiger partial charge in [0.1, 0.15) is 0 Å². The Labute approximate surface area is 202 Å². The molecule has 34 heavy (non-hydrogen) atoms. The highest BCUT2D eigenvalue weighted by Gasteiger charge is 2.36. The number of rotatable bonds is 4. The zero-order chi connectivity index (χ0) is 23.9. The number of allylic oxidation sites excluding steroid dienone is 9. The van der Waals surface area contributed by atoms with Crippen LogP contribution in [0.15, 0.2) is 97.1 Å². The maximum absolute atomic E-state index is 5.00. The zero-order valence-corrected chi connectivity index (χ0v) is 20.4. The standard InChI is InChI=1S/C32H30N2/c1-6-22(7-2)29-20-30(23-11-9-8-10-12-23)34-31(33-29)24-14-17-25-26-16-13-21(3)19-28(26)32(4,5)27(25)18-15-24/h6-17,19-20H,1,18H2,2-5H3/b22-7+. The first-order valence-electron chi connectivity index (χ1n) is 11.9. The molecule has 3 aromatic rings. The van der Waals surface area contributed by atoms with E-state index in [2.05, 4.69) is 82.0 Å². The maximum atomic E-state index is 5.00. The van der Waals surface area contributed by atoms with E-state index in [0.717, 1.165) is 40.3 Å². The van der Waals surface area contributed by atoms with E-state index in [1.165, 1.54) is 27.8 Å². The predicted octanol–water partition coefficient (Wildman–Crippen LogP) is 8.13. The Balaban J connectivity index is 1.61. The Hall–Kier alpha value is -3.78. The minimum atomic E-state index is 0.00579. The summed E-state index contributed by atoms with van der Waals surface area (Å²) < 4.78 is 0. The molecule has 2 nitrogen and oxygen atoms in total. The van der Waals surface area contributed by atoms with Crippen LogP contribution in [0, 0.1) is 6.92 Å². The van der Waals surface area contributed by atoms with Gasteiger partial charge in [0.25, 0.3) is 0 Å². The van der Waals surface area contributed by atoms with Crippen LogP contribution in [0.2, 0.25) is 0 Å².